The minimum absolute atomic E-state index is 0.0898. The Labute approximate surface area is 192 Å². The van der Waals surface area contributed by atoms with E-state index in [0.717, 1.165) is 27.7 Å². The minimum atomic E-state index is -0.921. The Morgan fingerprint density at radius 3 is 2.30 bits per heavy atom. The average molecular weight is 440 g/mol. The van der Waals surface area contributed by atoms with E-state index in [1.807, 2.05) is 60.7 Å². The van der Waals surface area contributed by atoms with Crippen LogP contribution in [0.2, 0.25) is 0 Å². The number of carbonyl (C=O) groups excluding carboxylic acids is 2. The van der Waals surface area contributed by atoms with Crippen molar-refractivity contribution in [3.05, 3.63) is 96.1 Å². The van der Waals surface area contributed by atoms with Crippen LogP contribution in [-0.2, 0) is 20.7 Å². The largest absolute Gasteiger partial charge is 0.497 e. The molecule has 0 saturated heterocycles. The van der Waals surface area contributed by atoms with Crippen LogP contribution < -0.4 is 10.1 Å². The third-order valence-corrected chi connectivity index (χ3v) is 5.41. The summed E-state index contributed by atoms with van der Waals surface area (Å²) in [5.41, 5.74) is 4.00. The molecule has 33 heavy (non-hydrogen) atoms. The van der Waals surface area contributed by atoms with Crippen molar-refractivity contribution in [1.29, 1.82) is 0 Å². The van der Waals surface area contributed by atoms with Crippen LogP contribution >= 0.6 is 0 Å². The summed E-state index contributed by atoms with van der Waals surface area (Å²) in [4.78, 5) is 30.3. The van der Waals surface area contributed by atoms with E-state index in [0.29, 0.717) is 11.3 Å². The van der Waals surface area contributed by atoms with Gasteiger partial charge in [0.25, 0.3) is 0 Å². The van der Waals surface area contributed by atoms with E-state index in [1.165, 1.54) is 7.11 Å². The number of nitrogens with one attached hydrogen (secondary N) is 1. The Morgan fingerprint density at radius 1 is 0.909 bits per heavy atom. The fourth-order valence-electron chi connectivity index (χ4n) is 3.73. The van der Waals surface area contributed by atoms with Crippen molar-refractivity contribution in [1.82, 2.24) is 10.3 Å². The molecule has 6 heteroatoms. The predicted molar refractivity (Wildman–Crippen MR) is 127 cm³/mol. The predicted octanol–water partition coefficient (Wildman–Crippen LogP) is 4.48. The lowest BCUT2D eigenvalue weighted by atomic mass is 10.0. The second-order valence-electron chi connectivity index (χ2n) is 7.52. The van der Waals surface area contributed by atoms with Crippen molar-refractivity contribution in [2.75, 3.05) is 14.2 Å². The molecule has 1 atom stereocenters. The Bertz CT molecular complexity index is 1270. The van der Waals surface area contributed by atoms with Gasteiger partial charge in [-0.1, -0.05) is 60.7 Å². The zero-order valence-corrected chi connectivity index (χ0v) is 18.4. The molecule has 0 aliphatic heterocycles. The number of para-hydroxylation sites is 1. The van der Waals surface area contributed by atoms with E-state index < -0.39 is 12.0 Å². The Balaban J connectivity index is 1.63. The molecule has 4 aromatic rings. The monoisotopic (exact) mass is 440 g/mol. The van der Waals surface area contributed by atoms with Crippen LogP contribution in [0.25, 0.3) is 22.2 Å². The first kappa shape index (κ1) is 22.0. The first-order chi connectivity index (χ1) is 16.1. The fourth-order valence-corrected chi connectivity index (χ4v) is 3.73. The van der Waals surface area contributed by atoms with E-state index >= 15 is 0 Å². The number of esters is 1. The lowest BCUT2D eigenvalue weighted by Crippen LogP contribution is -2.35. The molecule has 0 aliphatic rings. The summed E-state index contributed by atoms with van der Waals surface area (Å²) in [6, 6.07) is 25.5. The summed E-state index contributed by atoms with van der Waals surface area (Å²) in [5.74, 6) is -0.181. The van der Waals surface area contributed by atoms with E-state index in [1.54, 1.807) is 31.4 Å². The van der Waals surface area contributed by atoms with E-state index in [-0.39, 0.29) is 12.3 Å². The molecule has 0 spiro atoms. The molecule has 4 rings (SSSR count). The number of amides is 1. The van der Waals surface area contributed by atoms with Gasteiger partial charge in [-0.25, -0.2) is 9.78 Å². The number of aromatic nitrogens is 1. The van der Waals surface area contributed by atoms with Crippen LogP contribution in [0.5, 0.6) is 5.75 Å². The second kappa shape index (κ2) is 9.96. The smallest absolute Gasteiger partial charge is 0.333 e. The maximum absolute atomic E-state index is 13.1. The zero-order chi connectivity index (χ0) is 23.2. The molecule has 166 valence electrons. The summed E-state index contributed by atoms with van der Waals surface area (Å²) in [6.45, 7) is 0. The summed E-state index contributed by atoms with van der Waals surface area (Å²) in [5, 5.41) is 3.71. The molecule has 0 saturated carbocycles. The molecule has 6 nitrogen and oxygen atoms in total. The van der Waals surface area contributed by atoms with Crippen LogP contribution in [0.1, 0.15) is 17.2 Å². The van der Waals surface area contributed by atoms with Crippen LogP contribution in [0.4, 0.5) is 0 Å². The number of hydrogen-bond donors (Lipinski definition) is 1. The fraction of sp³-hybridized carbons (Fsp3) is 0.148. The van der Waals surface area contributed by atoms with Gasteiger partial charge in [0.05, 0.1) is 31.9 Å². The lowest BCUT2D eigenvalue weighted by Gasteiger charge is -2.18. The van der Waals surface area contributed by atoms with Gasteiger partial charge in [-0.3, -0.25) is 4.79 Å². The minimum Gasteiger partial charge on any atom is -0.497 e. The first-order valence-electron chi connectivity index (χ1n) is 10.5. The number of carbonyl (C=O) groups is 2. The zero-order valence-electron chi connectivity index (χ0n) is 18.4. The number of methoxy groups -OCH3 is 2. The highest BCUT2D eigenvalue weighted by atomic mass is 16.5. The van der Waals surface area contributed by atoms with Gasteiger partial charge >= 0.3 is 5.97 Å². The van der Waals surface area contributed by atoms with Gasteiger partial charge < -0.3 is 14.8 Å². The summed E-state index contributed by atoms with van der Waals surface area (Å²) in [6.07, 6.45) is 0.0898. The Kier molecular flexibility index (Phi) is 6.64. The number of ether oxygens (including phenoxy) is 2. The van der Waals surface area contributed by atoms with Crippen LogP contribution in [0, 0.1) is 0 Å². The Hall–Kier alpha value is -4.19. The van der Waals surface area contributed by atoms with Crippen molar-refractivity contribution < 1.29 is 19.1 Å². The van der Waals surface area contributed by atoms with Crippen LogP contribution in [0.3, 0.4) is 0 Å². The van der Waals surface area contributed by atoms with Gasteiger partial charge in [-0.05, 0) is 35.4 Å². The summed E-state index contributed by atoms with van der Waals surface area (Å²) >= 11 is 0. The molecular weight excluding hydrogens is 416 g/mol. The van der Waals surface area contributed by atoms with Gasteiger partial charge in [-0.2, -0.15) is 0 Å². The van der Waals surface area contributed by atoms with E-state index in [4.69, 9.17) is 14.5 Å². The van der Waals surface area contributed by atoms with Crippen molar-refractivity contribution in [2.24, 2.45) is 0 Å². The number of hydrogen-bond acceptors (Lipinski definition) is 5. The van der Waals surface area contributed by atoms with E-state index in [2.05, 4.69) is 5.32 Å². The molecule has 0 aliphatic carbocycles. The number of fused-ring (bicyclic) bond motifs is 1. The van der Waals surface area contributed by atoms with Gasteiger partial charge in [0.2, 0.25) is 5.91 Å². The average Bonchev–Trinajstić information content (AvgIpc) is 2.87. The normalized spacial score (nSPS) is 11.6. The molecular formula is C27H24N2O4. The maximum atomic E-state index is 13.1. The highest BCUT2D eigenvalue weighted by Crippen LogP contribution is 2.26. The molecule has 1 amide bonds. The third kappa shape index (κ3) is 5.01. The molecule has 1 N–H and O–H groups in total. The third-order valence-electron chi connectivity index (χ3n) is 5.41. The van der Waals surface area contributed by atoms with Gasteiger partial charge in [0.1, 0.15) is 5.75 Å². The highest BCUT2D eigenvalue weighted by Gasteiger charge is 2.24. The van der Waals surface area contributed by atoms with Crippen LogP contribution in [0.15, 0.2) is 84.9 Å². The molecule has 0 bridgehead atoms. The lowest BCUT2D eigenvalue weighted by molar-refractivity contribution is -0.145. The molecule has 3 aromatic carbocycles. The van der Waals surface area contributed by atoms with E-state index in [9.17, 15) is 9.59 Å². The second-order valence-corrected chi connectivity index (χ2v) is 7.52. The standard InChI is InChI=1S/C27H24N2O4/c1-32-21-14-12-19(13-15-21)26(27(31)33-2)29-25(30)17-20-16-24(18-8-4-3-5-9-18)28-23-11-7-6-10-22(20)23/h3-16,26H,17H2,1-2H3,(H,29,30)/t26-/m1/s1. The first-order valence-corrected chi connectivity index (χ1v) is 10.5. The van der Waals surface area contributed by atoms with Crippen molar-refractivity contribution in [3.63, 3.8) is 0 Å². The van der Waals surface area contributed by atoms with Crippen molar-refractivity contribution in [3.8, 4) is 17.0 Å². The van der Waals surface area contributed by atoms with Crippen molar-refractivity contribution >= 4 is 22.8 Å². The molecule has 0 fully saturated rings. The summed E-state index contributed by atoms with van der Waals surface area (Å²) in [7, 11) is 2.87. The molecule has 0 unspecified atom stereocenters. The Morgan fingerprint density at radius 2 is 1.61 bits per heavy atom. The number of pyridine rings is 1. The summed E-state index contributed by atoms with van der Waals surface area (Å²) < 4.78 is 10.1. The number of nitrogens with zero attached hydrogens (tertiary/aromatic N) is 1. The van der Waals surface area contributed by atoms with Gasteiger partial charge in [-0.15, -0.1) is 0 Å². The topological polar surface area (TPSA) is 77.5 Å². The van der Waals surface area contributed by atoms with Crippen molar-refractivity contribution in [2.45, 2.75) is 12.5 Å². The molecule has 1 heterocycles. The van der Waals surface area contributed by atoms with Crippen LogP contribution in [-0.4, -0.2) is 31.1 Å². The highest BCUT2D eigenvalue weighted by molar-refractivity contribution is 5.92. The molecule has 1 aromatic heterocycles. The van der Waals surface area contributed by atoms with Gasteiger partial charge in [0, 0.05) is 10.9 Å². The number of rotatable bonds is 7. The SMILES string of the molecule is COC(=O)[C@H](NC(=O)Cc1cc(-c2ccccc2)nc2ccccc12)c1ccc(OC)cc1. The molecule has 0 radical (unpaired) electrons. The van der Waals surface area contributed by atoms with Gasteiger partial charge in [0.15, 0.2) is 6.04 Å². The quantitative estimate of drug-likeness (QED) is 0.429. The number of benzene rings is 3. The maximum Gasteiger partial charge on any atom is 0.333 e.